The van der Waals surface area contributed by atoms with Gasteiger partial charge in [-0.2, -0.15) is 0 Å². The second-order valence-electron chi connectivity index (χ2n) is 5.12. The summed E-state index contributed by atoms with van der Waals surface area (Å²) >= 11 is 0. The van der Waals surface area contributed by atoms with Gasteiger partial charge < -0.3 is 10.8 Å². The minimum atomic E-state index is -0.710. The Bertz CT molecular complexity index is 249. The van der Waals surface area contributed by atoms with Gasteiger partial charge in [0.05, 0.1) is 5.92 Å². The van der Waals surface area contributed by atoms with Crippen LogP contribution in [0.15, 0.2) is 0 Å². The van der Waals surface area contributed by atoms with Gasteiger partial charge in [-0.25, -0.2) is 0 Å². The van der Waals surface area contributed by atoms with Crippen LogP contribution in [0.1, 0.15) is 26.7 Å². The van der Waals surface area contributed by atoms with Crippen LogP contribution < -0.4 is 5.73 Å². The SMILES string of the molecule is CC1(C)[C@@H]2C[C@@H]1[C@@H](N)[C@H](C(=O)O)C2. The smallest absolute Gasteiger partial charge is 0.308 e. The number of fused-ring (bicyclic) bond motifs is 2. The van der Waals surface area contributed by atoms with E-state index in [2.05, 4.69) is 13.8 Å². The molecule has 4 atom stereocenters. The quantitative estimate of drug-likeness (QED) is 0.639. The highest BCUT2D eigenvalue weighted by atomic mass is 16.4. The number of hydrogen-bond acceptors (Lipinski definition) is 2. The molecule has 3 rings (SSSR count). The number of carboxylic acids is 1. The summed E-state index contributed by atoms with van der Waals surface area (Å²) in [4.78, 5) is 10.9. The first-order chi connectivity index (χ1) is 5.94. The standard InChI is InChI=1S/C10H17NO2/c1-10(2)5-3-6(9(12)13)8(11)7(10)4-5/h5-8H,3-4,11H2,1-2H3,(H,12,13)/t5-,6+,7+,8-/m0/s1. The van der Waals surface area contributed by atoms with Crippen molar-refractivity contribution in [1.29, 1.82) is 0 Å². The van der Waals surface area contributed by atoms with Gasteiger partial charge in [0.1, 0.15) is 0 Å². The molecule has 2 bridgehead atoms. The van der Waals surface area contributed by atoms with Crippen LogP contribution in [0, 0.1) is 23.2 Å². The molecule has 3 aliphatic rings. The molecule has 0 unspecified atom stereocenters. The van der Waals surface area contributed by atoms with Gasteiger partial charge in [0.15, 0.2) is 0 Å². The number of carbonyl (C=O) groups is 1. The van der Waals surface area contributed by atoms with Gasteiger partial charge in [0, 0.05) is 6.04 Å². The summed E-state index contributed by atoms with van der Waals surface area (Å²) in [6, 6.07) is -0.127. The molecule has 3 saturated carbocycles. The number of carboxylic acid groups (broad SMARTS) is 1. The molecular weight excluding hydrogens is 166 g/mol. The number of rotatable bonds is 1. The van der Waals surface area contributed by atoms with E-state index >= 15 is 0 Å². The van der Waals surface area contributed by atoms with Crippen LogP contribution in [0.2, 0.25) is 0 Å². The first kappa shape index (κ1) is 9.00. The van der Waals surface area contributed by atoms with Crippen molar-refractivity contribution in [3.8, 4) is 0 Å². The van der Waals surface area contributed by atoms with E-state index in [9.17, 15) is 4.79 Å². The second kappa shape index (κ2) is 2.47. The van der Waals surface area contributed by atoms with Crippen molar-refractivity contribution in [2.75, 3.05) is 0 Å². The summed E-state index contributed by atoms with van der Waals surface area (Å²) in [6.07, 6.45) is 1.91. The van der Waals surface area contributed by atoms with Crippen molar-refractivity contribution >= 4 is 5.97 Å². The van der Waals surface area contributed by atoms with Crippen LogP contribution in [0.3, 0.4) is 0 Å². The normalized spacial score (nSPS) is 46.7. The molecule has 0 aromatic carbocycles. The fourth-order valence-electron chi connectivity index (χ4n) is 3.12. The lowest BCUT2D eigenvalue weighted by Crippen LogP contribution is -2.62. The van der Waals surface area contributed by atoms with E-state index in [1.54, 1.807) is 0 Å². The topological polar surface area (TPSA) is 63.3 Å². The lowest BCUT2D eigenvalue weighted by molar-refractivity contribution is -0.159. The molecule has 13 heavy (non-hydrogen) atoms. The Morgan fingerprint density at radius 3 is 2.46 bits per heavy atom. The highest BCUT2D eigenvalue weighted by Crippen LogP contribution is 2.60. The van der Waals surface area contributed by atoms with E-state index in [4.69, 9.17) is 10.8 Å². The van der Waals surface area contributed by atoms with Crippen LogP contribution >= 0.6 is 0 Å². The van der Waals surface area contributed by atoms with Gasteiger partial charge in [-0.1, -0.05) is 13.8 Å². The van der Waals surface area contributed by atoms with Gasteiger partial charge >= 0.3 is 5.97 Å². The third-order valence-electron chi connectivity index (χ3n) is 4.33. The molecule has 3 N–H and O–H groups in total. The highest BCUT2D eigenvalue weighted by molar-refractivity contribution is 5.71. The van der Waals surface area contributed by atoms with E-state index in [1.807, 2.05) is 0 Å². The zero-order valence-corrected chi connectivity index (χ0v) is 8.16. The Morgan fingerprint density at radius 1 is 1.46 bits per heavy atom. The Hall–Kier alpha value is -0.570. The third kappa shape index (κ3) is 1.03. The number of aliphatic carboxylic acids is 1. The lowest BCUT2D eigenvalue weighted by Gasteiger charge is -2.60. The minimum Gasteiger partial charge on any atom is -0.481 e. The summed E-state index contributed by atoms with van der Waals surface area (Å²) in [5, 5.41) is 8.94. The largest absolute Gasteiger partial charge is 0.481 e. The summed E-state index contributed by atoms with van der Waals surface area (Å²) in [5.74, 6) is 0.000208. The average Bonchev–Trinajstić information content (AvgIpc) is 2.02. The Morgan fingerprint density at radius 2 is 2.08 bits per heavy atom. The number of nitrogens with two attached hydrogens (primary N) is 1. The van der Waals surface area contributed by atoms with E-state index in [0.717, 1.165) is 12.8 Å². The molecule has 0 saturated heterocycles. The highest BCUT2D eigenvalue weighted by Gasteiger charge is 2.58. The molecule has 0 spiro atoms. The third-order valence-corrected chi connectivity index (χ3v) is 4.33. The summed E-state index contributed by atoms with van der Waals surface area (Å²) in [6.45, 7) is 4.42. The first-order valence-electron chi connectivity index (χ1n) is 4.93. The molecule has 74 valence electrons. The van der Waals surface area contributed by atoms with Crippen molar-refractivity contribution < 1.29 is 9.90 Å². The van der Waals surface area contributed by atoms with Crippen LogP contribution in [0.5, 0.6) is 0 Å². The summed E-state index contributed by atoms with van der Waals surface area (Å²) in [5.41, 5.74) is 6.24. The molecule has 3 nitrogen and oxygen atoms in total. The van der Waals surface area contributed by atoms with Gasteiger partial charge in [-0.05, 0) is 30.1 Å². The first-order valence-corrected chi connectivity index (χ1v) is 4.93. The zero-order valence-electron chi connectivity index (χ0n) is 8.16. The predicted molar refractivity (Wildman–Crippen MR) is 49.1 cm³/mol. The van der Waals surface area contributed by atoms with Gasteiger partial charge in [0.2, 0.25) is 0 Å². The molecule has 0 aliphatic heterocycles. The van der Waals surface area contributed by atoms with Crippen LogP contribution in [0.4, 0.5) is 0 Å². The minimum absolute atomic E-state index is 0.127. The molecule has 0 amide bonds. The fourth-order valence-corrected chi connectivity index (χ4v) is 3.12. The van der Waals surface area contributed by atoms with E-state index in [1.165, 1.54) is 0 Å². The Labute approximate surface area is 78.3 Å². The van der Waals surface area contributed by atoms with Crippen molar-refractivity contribution in [2.24, 2.45) is 28.9 Å². The van der Waals surface area contributed by atoms with Crippen LogP contribution in [0.25, 0.3) is 0 Å². The fraction of sp³-hybridized carbons (Fsp3) is 0.900. The monoisotopic (exact) mass is 183 g/mol. The maximum Gasteiger partial charge on any atom is 0.308 e. The predicted octanol–water partition coefficient (Wildman–Crippen LogP) is 1.08. The van der Waals surface area contributed by atoms with Crippen molar-refractivity contribution in [3.63, 3.8) is 0 Å². The van der Waals surface area contributed by atoms with E-state index < -0.39 is 5.97 Å². The van der Waals surface area contributed by atoms with E-state index in [0.29, 0.717) is 11.8 Å². The molecule has 3 aliphatic carbocycles. The van der Waals surface area contributed by atoms with Crippen molar-refractivity contribution in [2.45, 2.75) is 32.7 Å². The van der Waals surface area contributed by atoms with Gasteiger partial charge in [0.25, 0.3) is 0 Å². The zero-order chi connectivity index (χ0) is 9.80. The van der Waals surface area contributed by atoms with Crippen molar-refractivity contribution in [3.05, 3.63) is 0 Å². The van der Waals surface area contributed by atoms with Crippen molar-refractivity contribution in [1.82, 2.24) is 0 Å². The molecule has 0 aromatic rings. The molecule has 0 heterocycles. The Kier molecular flexibility index (Phi) is 1.71. The molecule has 0 aromatic heterocycles. The maximum absolute atomic E-state index is 10.9. The molecule has 0 radical (unpaired) electrons. The van der Waals surface area contributed by atoms with Gasteiger partial charge in [-0.3, -0.25) is 4.79 Å². The molecule has 3 fully saturated rings. The van der Waals surface area contributed by atoms with Gasteiger partial charge in [-0.15, -0.1) is 0 Å². The van der Waals surface area contributed by atoms with E-state index in [-0.39, 0.29) is 17.4 Å². The average molecular weight is 183 g/mol. The van der Waals surface area contributed by atoms with Crippen LogP contribution in [-0.2, 0) is 4.79 Å². The molecule has 3 heteroatoms. The molecular formula is C10H17NO2. The Balaban J connectivity index is 2.16. The number of hydrogen-bond donors (Lipinski definition) is 2. The summed E-state index contributed by atoms with van der Waals surface area (Å²) < 4.78 is 0. The van der Waals surface area contributed by atoms with Crippen LogP contribution in [-0.4, -0.2) is 17.1 Å². The summed E-state index contributed by atoms with van der Waals surface area (Å²) in [7, 11) is 0. The second-order valence-corrected chi connectivity index (χ2v) is 5.12. The maximum atomic E-state index is 10.9. The lowest BCUT2D eigenvalue weighted by atomic mass is 9.45.